The summed E-state index contributed by atoms with van der Waals surface area (Å²) in [5.41, 5.74) is 0. The van der Waals surface area contributed by atoms with Crippen LogP contribution in [0.2, 0.25) is 36.3 Å². The molecule has 0 atom stereocenters. The van der Waals surface area contributed by atoms with Crippen LogP contribution in [0.25, 0.3) is 0 Å². The second-order valence-corrected chi connectivity index (χ2v) is 18.1. The first kappa shape index (κ1) is 23.8. The normalized spacial score (nSPS) is 13.2. The predicted molar refractivity (Wildman–Crippen MR) is 121 cm³/mol. The van der Waals surface area contributed by atoms with Gasteiger partial charge in [-0.15, -0.1) is 0 Å². The minimum absolute atomic E-state index is 0.177. The summed E-state index contributed by atoms with van der Waals surface area (Å²) in [4.78, 5) is 0. The number of benzene rings is 1. The molecule has 0 spiro atoms. The van der Waals surface area contributed by atoms with E-state index in [1.807, 2.05) is 0 Å². The van der Waals surface area contributed by atoms with Crippen molar-refractivity contribution < 1.29 is 13.3 Å². The van der Waals surface area contributed by atoms with Crippen LogP contribution in [-0.2, 0) is 13.3 Å². The van der Waals surface area contributed by atoms with E-state index in [4.69, 9.17) is 13.3 Å². The topological polar surface area (TPSA) is 27.7 Å². The minimum Gasteiger partial charge on any atom is -0.413 e. The molecule has 1 aromatic rings. The summed E-state index contributed by atoms with van der Waals surface area (Å²) in [7, 11) is -4.16. The summed E-state index contributed by atoms with van der Waals surface area (Å²) in [6.07, 6.45) is -0.177. The lowest BCUT2D eigenvalue weighted by molar-refractivity contribution is -0.0434. The minimum atomic E-state index is -1.72. The maximum Gasteiger partial charge on any atom is 0.195 e. The molecule has 0 aliphatic carbocycles. The zero-order valence-electron chi connectivity index (χ0n) is 17.8. The first-order valence-electron chi connectivity index (χ1n) is 10.5. The van der Waals surface area contributed by atoms with E-state index in [9.17, 15) is 0 Å². The Morgan fingerprint density at radius 1 is 0.731 bits per heavy atom. The monoisotopic (exact) mass is 412 g/mol. The molecule has 0 heterocycles. The maximum atomic E-state index is 6.73. The third-order valence-corrected chi connectivity index (χ3v) is 16.5. The van der Waals surface area contributed by atoms with Crippen LogP contribution >= 0.6 is 0 Å². The molecule has 0 aliphatic rings. The molecule has 0 N–H and O–H groups in total. The zero-order chi connectivity index (χ0) is 19.5. The Balaban J connectivity index is 2.82. The molecule has 0 saturated heterocycles. The third kappa shape index (κ3) is 7.05. The van der Waals surface area contributed by atoms with Crippen LogP contribution in [0.15, 0.2) is 30.3 Å². The van der Waals surface area contributed by atoms with E-state index in [-0.39, 0.29) is 6.29 Å². The van der Waals surface area contributed by atoms with Crippen LogP contribution in [0, 0.1) is 0 Å². The summed E-state index contributed by atoms with van der Waals surface area (Å²) in [6, 6.07) is 17.4. The quantitative estimate of drug-likeness (QED) is 0.325. The molecular weight excluding hydrogens is 372 g/mol. The molecule has 26 heavy (non-hydrogen) atoms. The number of hydrogen-bond acceptors (Lipinski definition) is 3. The van der Waals surface area contributed by atoms with Crippen molar-refractivity contribution in [1.82, 2.24) is 0 Å². The van der Waals surface area contributed by atoms with Gasteiger partial charge in [0.25, 0.3) is 0 Å². The fourth-order valence-electron chi connectivity index (χ4n) is 3.50. The molecular formula is C20H40O3Si3. The first-order valence-corrected chi connectivity index (χ1v) is 16.8. The van der Waals surface area contributed by atoms with E-state index < -0.39 is 26.4 Å². The standard InChI is InChI=1S/C20H40O3Si3/c1-7-25(8-2,9-3)22-20(23-26(10-4,11-5)12-6)18-21-24-19-16-14-13-15-17-19/h13-17,20H,7-12,18,24H2,1-6H3. The lowest BCUT2D eigenvalue weighted by atomic mass is 10.4. The van der Waals surface area contributed by atoms with Crippen molar-refractivity contribution in [1.29, 1.82) is 0 Å². The van der Waals surface area contributed by atoms with Gasteiger partial charge < -0.3 is 13.3 Å². The molecule has 0 unspecified atom stereocenters. The number of hydrogen-bond donors (Lipinski definition) is 0. The SMILES string of the molecule is CC[Si](CC)(CC)OC(CO[SiH2]c1ccccc1)O[Si](CC)(CC)CC. The number of rotatable bonds is 14. The average Bonchev–Trinajstić information content (AvgIpc) is 2.71. The molecule has 0 amide bonds. The molecule has 150 valence electrons. The molecule has 0 fully saturated rings. The molecule has 0 saturated carbocycles. The van der Waals surface area contributed by atoms with Crippen molar-refractivity contribution in [2.24, 2.45) is 0 Å². The Bertz CT molecular complexity index is 438. The van der Waals surface area contributed by atoms with Gasteiger partial charge >= 0.3 is 0 Å². The summed E-state index contributed by atoms with van der Waals surface area (Å²) in [5, 5.41) is 1.33. The van der Waals surface area contributed by atoms with E-state index in [0.717, 1.165) is 36.3 Å². The lowest BCUT2D eigenvalue weighted by Crippen LogP contribution is -2.48. The summed E-state index contributed by atoms with van der Waals surface area (Å²) in [6.45, 7) is 14.3. The Morgan fingerprint density at radius 2 is 1.15 bits per heavy atom. The van der Waals surface area contributed by atoms with Gasteiger partial charge in [0.2, 0.25) is 0 Å². The van der Waals surface area contributed by atoms with E-state index in [1.54, 1.807) is 0 Å². The molecule has 1 aromatic carbocycles. The van der Waals surface area contributed by atoms with Gasteiger partial charge in [-0.25, -0.2) is 0 Å². The van der Waals surface area contributed by atoms with Crippen molar-refractivity contribution in [2.45, 2.75) is 84.1 Å². The van der Waals surface area contributed by atoms with Crippen LogP contribution in [0.4, 0.5) is 0 Å². The van der Waals surface area contributed by atoms with Gasteiger partial charge in [-0.2, -0.15) is 0 Å². The van der Waals surface area contributed by atoms with E-state index in [2.05, 4.69) is 71.9 Å². The summed E-state index contributed by atoms with van der Waals surface area (Å²) < 4.78 is 19.6. The van der Waals surface area contributed by atoms with Crippen LogP contribution < -0.4 is 5.19 Å². The van der Waals surface area contributed by atoms with Gasteiger partial charge in [-0.3, -0.25) is 0 Å². The van der Waals surface area contributed by atoms with E-state index in [1.165, 1.54) is 5.19 Å². The van der Waals surface area contributed by atoms with Crippen molar-refractivity contribution in [2.75, 3.05) is 6.61 Å². The van der Waals surface area contributed by atoms with Crippen LogP contribution in [0.5, 0.6) is 0 Å². The Labute approximate surface area is 166 Å². The summed E-state index contributed by atoms with van der Waals surface area (Å²) in [5.74, 6) is 0. The van der Waals surface area contributed by atoms with Crippen LogP contribution in [-0.4, -0.2) is 39.3 Å². The molecule has 3 nitrogen and oxygen atoms in total. The van der Waals surface area contributed by atoms with Gasteiger partial charge in [0.05, 0.1) is 6.61 Å². The van der Waals surface area contributed by atoms with Crippen LogP contribution in [0.1, 0.15) is 41.5 Å². The smallest absolute Gasteiger partial charge is 0.195 e. The van der Waals surface area contributed by atoms with Gasteiger partial charge in [0, 0.05) is 0 Å². The van der Waals surface area contributed by atoms with Crippen molar-refractivity contribution >= 4 is 31.6 Å². The Kier molecular flexibility index (Phi) is 11.2. The highest BCUT2D eigenvalue weighted by molar-refractivity contribution is 6.74. The largest absolute Gasteiger partial charge is 0.413 e. The molecule has 6 heteroatoms. The third-order valence-electron chi connectivity index (χ3n) is 5.99. The van der Waals surface area contributed by atoms with Crippen molar-refractivity contribution in [3.05, 3.63) is 30.3 Å². The van der Waals surface area contributed by atoms with Crippen molar-refractivity contribution in [3.63, 3.8) is 0 Å². The van der Waals surface area contributed by atoms with Crippen molar-refractivity contribution in [3.8, 4) is 0 Å². The second-order valence-electron chi connectivity index (χ2n) is 7.15. The molecule has 0 bridgehead atoms. The Morgan fingerprint density at radius 3 is 1.54 bits per heavy atom. The average molecular weight is 413 g/mol. The van der Waals surface area contributed by atoms with E-state index in [0.29, 0.717) is 6.61 Å². The van der Waals surface area contributed by atoms with Gasteiger partial charge in [-0.05, 0) is 41.5 Å². The maximum absolute atomic E-state index is 6.73. The fourth-order valence-corrected chi connectivity index (χ4v) is 9.95. The van der Waals surface area contributed by atoms with Gasteiger partial charge in [0.1, 0.15) is 0 Å². The Hall–Kier alpha value is -0.249. The molecule has 1 rings (SSSR count). The van der Waals surface area contributed by atoms with Gasteiger partial charge in [-0.1, -0.05) is 71.9 Å². The first-order chi connectivity index (χ1) is 12.5. The second kappa shape index (κ2) is 12.3. The van der Waals surface area contributed by atoms with E-state index >= 15 is 0 Å². The highest BCUT2D eigenvalue weighted by Crippen LogP contribution is 2.28. The predicted octanol–water partition coefficient (Wildman–Crippen LogP) is 4.78. The highest BCUT2D eigenvalue weighted by Gasteiger charge is 2.37. The van der Waals surface area contributed by atoms with Crippen LogP contribution in [0.3, 0.4) is 0 Å². The molecule has 0 radical (unpaired) electrons. The van der Waals surface area contributed by atoms with Gasteiger partial charge in [0.15, 0.2) is 32.7 Å². The molecule has 0 aliphatic heterocycles. The fraction of sp³-hybridized carbons (Fsp3) is 0.700. The lowest BCUT2D eigenvalue weighted by Gasteiger charge is -2.38. The zero-order valence-corrected chi connectivity index (χ0v) is 21.3. The molecule has 0 aromatic heterocycles. The highest BCUT2D eigenvalue weighted by atomic mass is 28.4. The summed E-state index contributed by atoms with van der Waals surface area (Å²) >= 11 is 0.